The van der Waals surface area contributed by atoms with Crippen LogP contribution in [0, 0.1) is 0 Å². The zero-order chi connectivity index (χ0) is 17.4. The van der Waals surface area contributed by atoms with Crippen molar-refractivity contribution < 1.29 is 26.4 Å². The van der Waals surface area contributed by atoms with Gasteiger partial charge in [-0.25, -0.2) is 16.8 Å². The number of carbonyl (C=O) groups excluding carboxylic acids is 1. The number of nitrogens with two attached hydrogens (primary N) is 1. The van der Waals surface area contributed by atoms with Crippen LogP contribution in [0.1, 0.15) is 16.8 Å². The van der Waals surface area contributed by atoms with Crippen LogP contribution in [0.4, 0.5) is 0 Å². The maximum Gasteiger partial charge on any atom is 0.252 e. The number of nitrogens with zero attached hydrogens (tertiary/aromatic N) is 1. The lowest BCUT2D eigenvalue weighted by molar-refractivity contribution is 0.0997. The highest BCUT2D eigenvalue weighted by atomic mass is 32.2. The molecule has 1 aliphatic heterocycles. The molecule has 1 aromatic rings. The molecule has 1 unspecified atom stereocenters. The van der Waals surface area contributed by atoms with E-state index in [2.05, 4.69) is 0 Å². The minimum atomic E-state index is -3.95. The van der Waals surface area contributed by atoms with Crippen LogP contribution in [0.5, 0.6) is 5.75 Å². The molecule has 0 aliphatic carbocycles. The largest absolute Gasteiger partial charge is 0.496 e. The van der Waals surface area contributed by atoms with E-state index < -0.39 is 31.8 Å². The molecule has 0 bridgehead atoms. The first-order chi connectivity index (χ1) is 10.6. The van der Waals surface area contributed by atoms with Crippen LogP contribution < -0.4 is 10.5 Å². The maximum absolute atomic E-state index is 12.6. The highest BCUT2D eigenvalue weighted by Crippen LogP contribution is 2.27. The SMILES string of the molecule is COc1ccc(S(=O)(=O)N(C)C2CCS(=O)(=O)C2)cc1C(N)=O. The Hall–Kier alpha value is -1.65. The summed E-state index contributed by atoms with van der Waals surface area (Å²) in [6.07, 6.45) is 0.247. The summed E-state index contributed by atoms with van der Waals surface area (Å²) in [6.45, 7) is 0. The van der Waals surface area contributed by atoms with Crippen molar-refractivity contribution in [1.29, 1.82) is 0 Å². The summed E-state index contributed by atoms with van der Waals surface area (Å²) in [5, 5.41) is 0. The Morgan fingerprint density at radius 3 is 2.52 bits per heavy atom. The number of ether oxygens (including phenoxy) is 1. The molecule has 0 aromatic heterocycles. The highest BCUT2D eigenvalue weighted by molar-refractivity contribution is 7.92. The highest BCUT2D eigenvalue weighted by Gasteiger charge is 2.36. The van der Waals surface area contributed by atoms with E-state index in [0.29, 0.717) is 0 Å². The molecule has 8 nitrogen and oxygen atoms in total. The van der Waals surface area contributed by atoms with E-state index in [-0.39, 0.29) is 34.1 Å². The molecule has 128 valence electrons. The second-order valence-electron chi connectivity index (χ2n) is 5.30. The van der Waals surface area contributed by atoms with Crippen LogP contribution >= 0.6 is 0 Å². The molecule has 0 saturated carbocycles. The average molecular weight is 362 g/mol. The second kappa shape index (κ2) is 6.10. The van der Waals surface area contributed by atoms with Gasteiger partial charge in [-0.15, -0.1) is 0 Å². The molecule has 1 aliphatic rings. The molecular weight excluding hydrogens is 344 g/mol. The number of sulfonamides is 1. The van der Waals surface area contributed by atoms with Gasteiger partial charge in [0.1, 0.15) is 5.75 Å². The third-order valence-electron chi connectivity index (χ3n) is 3.84. The van der Waals surface area contributed by atoms with Crippen LogP contribution in [0.2, 0.25) is 0 Å². The predicted molar refractivity (Wildman–Crippen MR) is 83.5 cm³/mol. The van der Waals surface area contributed by atoms with Gasteiger partial charge in [-0.1, -0.05) is 0 Å². The summed E-state index contributed by atoms with van der Waals surface area (Å²) in [5.41, 5.74) is 5.17. The number of methoxy groups -OCH3 is 1. The van der Waals surface area contributed by atoms with Crippen molar-refractivity contribution in [3.8, 4) is 5.75 Å². The molecule has 1 amide bonds. The second-order valence-corrected chi connectivity index (χ2v) is 9.53. The molecule has 1 atom stereocenters. The Morgan fingerprint density at radius 2 is 2.04 bits per heavy atom. The molecule has 1 aromatic carbocycles. The van der Waals surface area contributed by atoms with Gasteiger partial charge in [-0.3, -0.25) is 4.79 Å². The van der Waals surface area contributed by atoms with E-state index in [1.807, 2.05) is 0 Å². The van der Waals surface area contributed by atoms with Crippen LogP contribution in [0.15, 0.2) is 23.1 Å². The van der Waals surface area contributed by atoms with Crippen molar-refractivity contribution in [1.82, 2.24) is 4.31 Å². The van der Waals surface area contributed by atoms with E-state index in [4.69, 9.17) is 10.5 Å². The minimum Gasteiger partial charge on any atom is -0.496 e. The monoisotopic (exact) mass is 362 g/mol. The Morgan fingerprint density at radius 1 is 1.39 bits per heavy atom. The first kappa shape index (κ1) is 17.7. The van der Waals surface area contributed by atoms with E-state index >= 15 is 0 Å². The lowest BCUT2D eigenvalue weighted by Gasteiger charge is -2.23. The Kier molecular flexibility index (Phi) is 4.69. The van der Waals surface area contributed by atoms with E-state index in [1.54, 1.807) is 0 Å². The molecule has 1 fully saturated rings. The lowest BCUT2D eigenvalue weighted by atomic mass is 10.2. The number of benzene rings is 1. The van der Waals surface area contributed by atoms with Gasteiger partial charge in [0.2, 0.25) is 10.0 Å². The average Bonchev–Trinajstić information content (AvgIpc) is 2.85. The summed E-state index contributed by atoms with van der Waals surface area (Å²) in [6, 6.07) is 3.15. The van der Waals surface area contributed by atoms with Crippen LogP contribution in [0.3, 0.4) is 0 Å². The molecule has 10 heteroatoms. The fourth-order valence-electron chi connectivity index (χ4n) is 2.46. The van der Waals surface area contributed by atoms with E-state index in [0.717, 1.165) is 10.4 Å². The van der Waals surface area contributed by atoms with Gasteiger partial charge in [0.15, 0.2) is 9.84 Å². The quantitative estimate of drug-likeness (QED) is 0.760. The number of primary amides is 1. The van der Waals surface area contributed by atoms with Crippen LogP contribution in [-0.4, -0.2) is 58.8 Å². The molecular formula is C13H18N2O6S2. The maximum atomic E-state index is 12.6. The first-order valence-electron chi connectivity index (χ1n) is 6.75. The first-order valence-corrected chi connectivity index (χ1v) is 10.0. The molecule has 23 heavy (non-hydrogen) atoms. The molecule has 0 radical (unpaired) electrons. The van der Waals surface area contributed by atoms with Gasteiger partial charge < -0.3 is 10.5 Å². The van der Waals surface area contributed by atoms with Crippen LogP contribution in [-0.2, 0) is 19.9 Å². The zero-order valence-electron chi connectivity index (χ0n) is 12.7. The lowest BCUT2D eigenvalue weighted by Crippen LogP contribution is -2.37. The van der Waals surface area contributed by atoms with Crippen molar-refractivity contribution in [2.45, 2.75) is 17.4 Å². The van der Waals surface area contributed by atoms with E-state index in [9.17, 15) is 21.6 Å². The number of rotatable bonds is 5. The topological polar surface area (TPSA) is 124 Å². The summed E-state index contributed by atoms with van der Waals surface area (Å²) in [5.74, 6) is -0.888. The fraction of sp³-hybridized carbons (Fsp3) is 0.462. The van der Waals surface area contributed by atoms with Crippen molar-refractivity contribution in [3.63, 3.8) is 0 Å². The van der Waals surface area contributed by atoms with Crippen molar-refractivity contribution >= 4 is 25.8 Å². The van der Waals surface area contributed by atoms with Crippen molar-refractivity contribution in [3.05, 3.63) is 23.8 Å². The Labute approximate surface area is 135 Å². The van der Waals surface area contributed by atoms with Crippen molar-refractivity contribution in [2.24, 2.45) is 5.73 Å². The zero-order valence-corrected chi connectivity index (χ0v) is 14.4. The number of hydrogen-bond acceptors (Lipinski definition) is 6. The standard InChI is InChI=1S/C13H18N2O6S2/c1-15(9-5-6-22(17,18)8-9)23(19,20)10-3-4-12(21-2)11(7-10)13(14)16/h3-4,7,9H,5-6,8H2,1-2H3,(H2,14,16). The molecule has 0 spiro atoms. The third kappa shape index (κ3) is 3.48. The summed E-state index contributed by atoms with van der Waals surface area (Å²) < 4.78 is 54.4. The number of hydrogen-bond donors (Lipinski definition) is 1. The summed E-state index contributed by atoms with van der Waals surface area (Å²) >= 11 is 0. The van der Waals surface area contributed by atoms with Gasteiger partial charge in [0.05, 0.1) is 29.1 Å². The summed E-state index contributed by atoms with van der Waals surface area (Å²) in [7, 11) is -4.50. The van der Waals surface area contributed by atoms with Crippen molar-refractivity contribution in [2.75, 3.05) is 25.7 Å². The number of sulfone groups is 1. The number of amides is 1. The van der Waals surface area contributed by atoms with Gasteiger partial charge >= 0.3 is 0 Å². The van der Waals surface area contributed by atoms with Gasteiger partial charge in [-0.2, -0.15) is 4.31 Å². The normalized spacial score (nSPS) is 20.6. The van der Waals surface area contributed by atoms with Gasteiger partial charge in [-0.05, 0) is 24.6 Å². The van der Waals surface area contributed by atoms with Crippen LogP contribution in [0.25, 0.3) is 0 Å². The molecule has 1 heterocycles. The fourth-order valence-corrected chi connectivity index (χ4v) is 5.75. The predicted octanol–water partition coefficient (Wildman–Crippen LogP) is -0.398. The third-order valence-corrected chi connectivity index (χ3v) is 7.49. The van der Waals surface area contributed by atoms with Gasteiger partial charge in [0, 0.05) is 13.1 Å². The Balaban J connectivity index is 2.40. The molecule has 2 rings (SSSR count). The minimum absolute atomic E-state index is 0.0350. The van der Waals surface area contributed by atoms with E-state index in [1.165, 1.54) is 26.3 Å². The Bertz CT molecular complexity index is 832. The van der Waals surface area contributed by atoms with Gasteiger partial charge in [0.25, 0.3) is 5.91 Å². The number of carbonyl (C=O) groups is 1. The molecule has 2 N–H and O–H groups in total. The smallest absolute Gasteiger partial charge is 0.252 e. The summed E-state index contributed by atoms with van der Waals surface area (Å²) in [4.78, 5) is 11.3. The molecule has 1 saturated heterocycles.